The van der Waals surface area contributed by atoms with Crippen molar-refractivity contribution in [2.24, 2.45) is 0 Å². The van der Waals surface area contributed by atoms with Gasteiger partial charge in [-0.2, -0.15) is 22.7 Å². The molecule has 0 aliphatic heterocycles. The molecule has 1 aromatic carbocycles. The van der Waals surface area contributed by atoms with Crippen LogP contribution >= 0.6 is 0 Å². The topological polar surface area (TPSA) is 86.2 Å². The van der Waals surface area contributed by atoms with Crippen molar-refractivity contribution in [2.45, 2.75) is 6.18 Å². The molecule has 0 atom stereocenters. The van der Waals surface area contributed by atoms with E-state index in [0.717, 1.165) is 4.52 Å². The van der Waals surface area contributed by atoms with Gasteiger partial charge in [0.25, 0.3) is 17.3 Å². The molecule has 7 nitrogen and oxygen atoms in total. The fourth-order valence-corrected chi connectivity index (χ4v) is 1.89. The van der Waals surface area contributed by atoms with Crippen LogP contribution in [0.5, 0.6) is 0 Å². The SMILES string of the molecule is O=[N+]([O-])c1ccc(-c2ccnc3nc(C(F)(F)F)nn23)cc1. The second-order valence-corrected chi connectivity index (χ2v) is 4.28. The maximum atomic E-state index is 12.7. The Morgan fingerprint density at radius 1 is 1.14 bits per heavy atom. The number of aromatic nitrogens is 4. The number of hydrogen-bond donors (Lipinski definition) is 0. The molecule has 22 heavy (non-hydrogen) atoms. The first kappa shape index (κ1) is 13.9. The van der Waals surface area contributed by atoms with Crippen LogP contribution < -0.4 is 0 Å². The smallest absolute Gasteiger partial charge is 0.258 e. The van der Waals surface area contributed by atoms with Crippen molar-refractivity contribution in [3.8, 4) is 11.3 Å². The molecule has 0 saturated heterocycles. The molecule has 0 saturated carbocycles. The molecule has 0 aliphatic rings. The van der Waals surface area contributed by atoms with Crippen LogP contribution in [0.15, 0.2) is 36.5 Å². The van der Waals surface area contributed by atoms with Crippen molar-refractivity contribution in [3.63, 3.8) is 0 Å². The minimum atomic E-state index is -4.68. The normalized spacial score (nSPS) is 11.8. The van der Waals surface area contributed by atoms with E-state index in [2.05, 4.69) is 15.1 Å². The minimum Gasteiger partial charge on any atom is -0.258 e. The molecular formula is C12H6F3N5O2. The maximum Gasteiger partial charge on any atom is 0.453 e. The summed E-state index contributed by atoms with van der Waals surface area (Å²) in [6.07, 6.45) is -3.39. The number of alkyl halides is 3. The van der Waals surface area contributed by atoms with Gasteiger partial charge in [-0.1, -0.05) is 0 Å². The zero-order valence-electron chi connectivity index (χ0n) is 10.7. The van der Waals surface area contributed by atoms with E-state index >= 15 is 0 Å². The lowest BCUT2D eigenvalue weighted by Crippen LogP contribution is -2.07. The summed E-state index contributed by atoms with van der Waals surface area (Å²) in [6, 6.07) is 6.79. The molecule has 2 aromatic heterocycles. The Morgan fingerprint density at radius 2 is 1.82 bits per heavy atom. The molecule has 0 bridgehead atoms. The second-order valence-electron chi connectivity index (χ2n) is 4.28. The summed E-state index contributed by atoms with van der Waals surface area (Å²) in [5, 5.41) is 14.0. The van der Waals surface area contributed by atoms with Crippen molar-refractivity contribution in [1.82, 2.24) is 19.6 Å². The summed E-state index contributed by atoms with van der Waals surface area (Å²) in [4.78, 5) is 17.1. The maximum absolute atomic E-state index is 12.7. The number of hydrogen-bond acceptors (Lipinski definition) is 5. The Labute approximate surface area is 120 Å². The fourth-order valence-electron chi connectivity index (χ4n) is 1.89. The molecule has 3 rings (SSSR count). The highest BCUT2D eigenvalue weighted by atomic mass is 19.4. The zero-order chi connectivity index (χ0) is 15.9. The van der Waals surface area contributed by atoms with Crippen LogP contribution in [-0.2, 0) is 6.18 Å². The first-order valence-corrected chi connectivity index (χ1v) is 5.90. The summed E-state index contributed by atoms with van der Waals surface area (Å²) in [6.45, 7) is 0. The van der Waals surface area contributed by atoms with Crippen molar-refractivity contribution in [3.05, 3.63) is 52.5 Å². The Balaban J connectivity index is 2.14. The summed E-state index contributed by atoms with van der Waals surface area (Å²) in [5.41, 5.74) is 0.628. The number of rotatable bonds is 2. The average molecular weight is 309 g/mol. The van der Waals surface area contributed by atoms with E-state index < -0.39 is 16.9 Å². The number of nitro benzene ring substituents is 1. The number of halogens is 3. The summed E-state index contributed by atoms with van der Waals surface area (Å²) >= 11 is 0. The molecule has 0 spiro atoms. The van der Waals surface area contributed by atoms with Gasteiger partial charge in [-0.15, -0.1) is 5.10 Å². The van der Waals surface area contributed by atoms with E-state index in [-0.39, 0.29) is 11.5 Å². The van der Waals surface area contributed by atoms with Crippen molar-refractivity contribution < 1.29 is 18.1 Å². The summed E-state index contributed by atoms with van der Waals surface area (Å²) in [7, 11) is 0. The van der Waals surface area contributed by atoms with Gasteiger partial charge in [0.1, 0.15) is 0 Å². The molecule has 10 heteroatoms. The average Bonchev–Trinajstić information content (AvgIpc) is 2.91. The van der Waals surface area contributed by atoms with Gasteiger partial charge in [0.2, 0.25) is 0 Å². The molecule has 0 radical (unpaired) electrons. The summed E-state index contributed by atoms with van der Waals surface area (Å²) in [5.74, 6) is -1.50. The van der Waals surface area contributed by atoms with E-state index in [1.807, 2.05) is 0 Å². The van der Waals surface area contributed by atoms with Crippen molar-refractivity contribution >= 4 is 11.5 Å². The van der Waals surface area contributed by atoms with Crippen LogP contribution in [-0.4, -0.2) is 24.5 Å². The fraction of sp³-hybridized carbons (Fsp3) is 0.0833. The lowest BCUT2D eigenvalue weighted by Gasteiger charge is -2.03. The van der Waals surface area contributed by atoms with Gasteiger partial charge in [-0.05, 0) is 18.2 Å². The van der Waals surface area contributed by atoms with E-state index in [1.165, 1.54) is 36.5 Å². The van der Waals surface area contributed by atoms with Crippen molar-refractivity contribution in [2.75, 3.05) is 0 Å². The van der Waals surface area contributed by atoms with Gasteiger partial charge in [0.05, 0.1) is 10.6 Å². The zero-order valence-corrected chi connectivity index (χ0v) is 10.7. The number of non-ortho nitro benzene ring substituents is 1. The lowest BCUT2D eigenvalue weighted by molar-refractivity contribution is -0.384. The second kappa shape index (κ2) is 4.76. The van der Waals surface area contributed by atoms with Gasteiger partial charge < -0.3 is 0 Å². The van der Waals surface area contributed by atoms with Gasteiger partial charge in [0.15, 0.2) is 0 Å². The molecule has 0 unspecified atom stereocenters. The molecule has 0 amide bonds. The van der Waals surface area contributed by atoms with E-state index in [1.54, 1.807) is 0 Å². The van der Waals surface area contributed by atoms with Crippen LogP contribution in [0, 0.1) is 10.1 Å². The Bertz CT molecular complexity index is 857. The van der Waals surface area contributed by atoms with Crippen LogP contribution in [0.2, 0.25) is 0 Å². The molecule has 0 N–H and O–H groups in total. The summed E-state index contributed by atoms with van der Waals surface area (Å²) < 4.78 is 38.9. The van der Waals surface area contributed by atoms with E-state index in [0.29, 0.717) is 11.3 Å². The largest absolute Gasteiger partial charge is 0.453 e. The number of nitrogens with zero attached hydrogens (tertiary/aromatic N) is 5. The highest BCUT2D eigenvalue weighted by Crippen LogP contribution is 2.28. The highest BCUT2D eigenvalue weighted by molar-refractivity contribution is 5.62. The van der Waals surface area contributed by atoms with Gasteiger partial charge in [-0.25, -0.2) is 4.98 Å². The number of fused-ring (bicyclic) bond motifs is 1. The lowest BCUT2D eigenvalue weighted by atomic mass is 10.1. The van der Waals surface area contributed by atoms with Gasteiger partial charge in [0, 0.05) is 23.9 Å². The predicted molar refractivity (Wildman–Crippen MR) is 67.9 cm³/mol. The van der Waals surface area contributed by atoms with Crippen LogP contribution in [0.25, 0.3) is 17.0 Å². The van der Waals surface area contributed by atoms with Crippen molar-refractivity contribution in [1.29, 1.82) is 0 Å². The van der Waals surface area contributed by atoms with Gasteiger partial charge in [-0.3, -0.25) is 10.1 Å². The first-order chi connectivity index (χ1) is 10.4. The van der Waals surface area contributed by atoms with E-state index in [9.17, 15) is 23.3 Å². The Hall–Kier alpha value is -3.04. The molecule has 0 aliphatic carbocycles. The Kier molecular flexibility index (Phi) is 3.01. The molecule has 2 heterocycles. The standard InChI is InChI=1S/C12H6F3N5O2/c13-12(14,15)10-17-11-16-6-5-9(19(11)18-10)7-1-3-8(4-2-7)20(21)22/h1-6H. The van der Waals surface area contributed by atoms with E-state index in [4.69, 9.17) is 0 Å². The molecule has 112 valence electrons. The third kappa shape index (κ3) is 2.34. The van der Waals surface area contributed by atoms with Crippen LogP contribution in [0.1, 0.15) is 5.82 Å². The third-order valence-electron chi connectivity index (χ3n) is 2.87. The highest BCUT2D eigenvalue weighted by Gasteiger charge is 2.36. The van der Waals surface area contributed by atoms with Gasteiger partial charge >= 0.3 is 6.18 Å². The van der Waals surface area contributed by atoms with Crippen LogP contribution in [0.4, 0.5) is 18.9 Å². The predicted octanol–water partition coefficient (Wildman–Crippen LogP) is 2.72. The number of nitro groups is 1. The third-order valence-corrected chi connectivity index (χ3v) is 2.87. The minimum absolute atomic E-state index is 0.122. The molecule has 0 fully saturated rings. The van der Waals surface area contributed by atoms with Crippen LogP contribution in [0.3, 0.4) is 0 Å². The first-order valence-electron chi connectivity index (χ1n) is 5.90. The monoisotopic (exact) mass is 309 g/mol. The quantitative estimate of drug-likeness (QED) is 0.536. The number of benzene rings is 1. The Morgan fingerprint density at radius 3 is 2.41 bits per heavy atom. The molecular weight excluding hydrogens is 303 g/mol. The molecule has 3 aromatic rings.